The maximum Gasteiger partial charge on any atom is 0.0352 e. The van der Waals surface area contributed by atoms with Gasteiger partial charge in [0.15, 0.2) is 0 Å². The van der Waals surface area contributed by atoms with E-state index in [0.29, 0.717) is 11.8 Å². The van der Waals surface area contributed by atoms with Crippen molar-refractivity contribution in [2.45, 2.75) is 23.7 Å². The monoisotopic (exact) mass is 406 g/mol. The third-order valence-electron chi connectivity index (χ3n) is 8.52. The van der Waals surface area contributed by atoms with E-state index in [4.69, 9.17) is 0 Å². The summed E-state index contributed by atoms with van der Waals surface area (Å²) in [6.45, 7) is 9.08. The van der Waals surface area contributed by atoms with Gasteiger partial charge in [-0.2, -0.15) is 0 Å². The molecule has 0 aromatic heterocycles. The van der Waals surface area contributed by atoms with E-state index in [1.54, 1.807) is 5.56 Å². The topological polar surface area (TPSA) is 0 Å². The Labute approximate surface area is 188 Å². The van der Waals surface area contributed by atoms with Crippen LogP contribution in [-0.2, 0) is 0 Å². The van der Waals surface area contributed by atoms with Gasteiger partial charge in [0, 0.05) is 23.7 Å². The fourth-order valence-corrected chi connectivity index (χ4v) is 7.34. The Balaban J connectivity index is 1.50. The molecule has 0 spiro atoms. The van der Waals surface area contributed by atoms with Gasteiger partial charge in [-0.3, -0.25) is 0 Å². The van der Waals surface area contributed by atoms with E-state index < -0.39 is 0 Å². The van der Waals surface area contributed by atoms with E-state index in [-0.39, 0.29) is 11.8 Å². The fourth-order valence-electron chi connectivity index (χ4n) is 7.34. The molecule has 10 rings (SSSR count). The van der Waals surface area contributed by atoms with Crippen molar-refractivity contribution in [3.8, 4) is 0 Å². The molecule has 0 aliphatic heterocycles. The van der Waals surface area contributed by atoms with Crippen molar-refractivity contribution < 1.29 is 0 Å². The molecule has 0 N–H and O–H groups in total. The average molecular weight is 407 g/mol. The van der Waals surface area contributed by atoms with Crippen molar-refractivity contribution in [3.05, 3.63) is 165 Å². The first-order valence-electron chi connectivity index (χ1n) is 11.6. The van der Waals surface area contributed by atoms with Crippen molar-refractivity contribution in [1.82, 2.24) is 0 Å². The highest BCUT2D eigenvalue weighted by Crippen LogP contribution is 2.63. The van der Waals surface area contributed by atoms with Crippen molar-refractivity contribution in [1.29, 1.82) is 0 Å². The lowest BCUT2D eigenvalue weighted by Gasteiger charge is -2.49. The third kappa shape index (κ3) is 1.75. The Hall–Kier alpha value is -3.64. The van der Waals surface area contributed by atoms with Crippen LogP contribution in [0.2, 0.25) is 0 Å². The lowest BCUT2D eigenvalue weighted by molar-refractivity contribution is 0.688. The summed E-state index contributed by atoms with van der Waals surface area (Å²) in [6, 6.07) is 32.0. The van der Waals surface area contributed by atoms with Crippen LogP contribution in [0.15, 0.2) is 109 Å². The summed E-state index contributed by atoms with van der Waals surface area (Å²) in [5.41, 5.74) is 17.2. The minimum atomic E-state index is 0.215. The van der Waals surface area contributed by atoms with Gasteiger partial charge in [-0.1, -0.05) is 98.1 Å². The zero-order chi connectivity index (χ0) is 21.1. The smallest absolute Gasteiger partial charge is 0.0352 e. The SMILES string of the molecule is C=C1C(=C)C2c3ccccc3C1c1ccc3c(c12)C1c2ccccc2C3c2ccccc21. The standard InChI is InChI=1S/C32H22/c1-17-18(2)28-20-10-4-3-9-19(20)27(17)25-15-16-26-29-21-11-5-7-13-23(21)30(32(26)31(25)28)24-14-8-6-12-22(24)29/h3-16,27-30H,1-2H2. The second-order valence-electron chi connectivity index (χ2n) is 9.74. The highest BCUT2D eigenvalue weighted by molar-refractivity contribution is 5.77. The Morgan fingerprint density at radius 1 is 0.344 bits per heavy atom. The molecule has 0 heterocycles. The Bertz CT molecular complexity index is 1480. The maximum atomic E-state index is 4.58. The minimum absolute atomic E-state index is 0.215. The molecule has 4 aromatic rings. The first-order valence-corrected chi connectivity index (χ1v) is 11.6. The summed E-state index contributed by atoms with van der Waals surface area (Å²) in [6.07, 6.45) is 0. The van der Waals surface area contributed by atoms with Gasteiger partial charge in [0.25, 0.3) is 0 Å². The van der Waals surface area contributed by atoms with Crippen molar-refractivity contribution in [3.63, 3.8) is 0 Å². The van der Waals surface area contributed by atoms with Gasteiger partial charge in [-0.05, 0) is 66.8 Å². The molecular formula is C32H22. The van der Waals surface area contributed by atoms with Crippen LogP contribution in [0.1, 0.15) is 79.3 Å². The van der Waals surface area contributed by atoms with E-state index in [0.717, 1.165) is 0 Å². The molecule has 0 saturated heterocycles. The van der Waals surface area contributed by atoms with E-state index in [9.17, 15) is 0 Å². The molecule has 32 heavy (non-hydrogen) atoms. The third-order valence-corrected chi connectivity index (χ3v) is 8.52. The number of hydrogen-bond donors (Lipinski definition) is 0. The van der Waals surface area contributed by atoms with Crippen LogP contribution in [-0.4, -0.2) is 0 Å². The van der Waals surface area contributed by atoms with Crippen molar-refractivity contribution in [2.75, 3.05) is 0 Å². The number of benzene rings is 4. The molecule has 0 heteroatoms. The first kappa shape index (κ1) is 17.0. The molecule has 0 fully saturated rings. The molecule has 2 atom stereocenters. The van der Waals surface area contributed by atoms with Gasteiger partial charge in [-0.15, -0.1) is 0 Å². The van der Waals surface area contributed by atoms with Gasteiger partial charge in [0.05, 0.1) is 0 Å². The predicted molar refractivity (Wildman–Crippen MR) is 130 cm³/mol. The predicted octanol–water partition coefficient (Wildman–Crippen LogP) is 7.38. The average Bonchev–Trinajstić information content (AvgIpc) is 2.85. The van der Waals surface area contributed by atoms with Crippen LogP contribution >= 0.6 is 0 Å². The Morgan fingerprint density at radius 2 is 0.688 bits per heavy atom. The summed E-state index contributed by atoms with van der Waals surface area (Å²) < 4.78 is 0. The molecule has 6 aliphatic rings. The molecule has 0 radical (unpaired) electrons. The summed E-state index contributed by atoms with van der Waals surface area (Å²) >= 11 is 0. The molecule has 0 saturated carbocycles. The molecule has 0 amide bonds. The van der Waals surface area contributed by atoms with Crippen LogP contribution in [0, 0.1) is 0 Å². The summed E-state index contributed by atoms with van der Waals surface area (Å²) in [7, 11) is 0. The maximum absolute atomic E-state index is 4.58. The van der Waals surface area contributed by atoms with Crippen LogP contribution in [0.25, 0.3) is 0 Å². The zero-order valence-corrected chi connectivity index (χ0v) is 17.8. The molecular weight excluding hydrogens is 384 g/mol. The van der Waals surface area contributed by atoms with Crippen molar-refractivity contribution in [2.24, 2.45) is 0 Å². The molecule has 4 bridgehead atoms. The number of allylic oxidation sites excluding steroid dienone is 2. The van der Waals surface area contributed by atoms with E-state index in [2.05, 4.69) is 98.1 Å². The first-order chi connectivity index (χ1) is 15.8. The second kappa shape index (κ2) is 5.58. The number of fused-ring (bicyclic) bond motifs is 1. The van der Waals surface area contributed by atoms with Gasteiger partial charge in [-0.25, -0.2) is 0 Å². The minimum Gasteiger partial charge on any atom is -0.0946 e. The Kier molecular flexibility index (Phi) is 2.96. The lowest BCUT2D eigenvalue weighted by atomic mass is 9.53. The van der Waals surface area contributed by atoms with Crippen LogP contribution in [0.4, 0.5) is 0 Å². The summed E-state index contributed by atoms with van der Waals surface area (Å²) in [5, 5.41) is 0. The zero-order valence-electron chi connectivity index (χ0n) is 17.8. The van der Waals surface area contributed by atoms with Crippen LogP contribution in [0.3, 0.4) is 0 Å². The molecule has 0 nitrogen and oxygen atoms in total. The lowest BCUT2D eigenvalue weighted by Crippen LogP contribution is -2.34. The number of hydrogen-bond acceptors (Lipinski definition) is 0. The highest BCUT2D eigenvalue weighted by atomic mass is 14.5. The fraction of sp³-hybridized carbons (Fsp3) is 0.125. The summed E-state index contributed by atoms with van der Waals surface area (Å²) in [5.74, 6) is 1.06. The second-order valence-corrected chi connectivity index (χ2v) is 9.74. The molecule has 6 aliphatic carbocycles. The van der Waals surface area contributed by atoms with Gasteiger partial charge in [0.2, 0.25) is 0 Å². The van der Waals surface area contributed by atoms with Gasteiger partial charge >= 0.3 is 0 Å². The summed E-state index contributed by atoms with van der Waals surface area (Å²) in [4.78, 5) is 0. The Morgan fingerprint density at radius 3 is 1.22 bits per heavy atom. The molecule has 2 unspecified atom stereocenters. The van der Waals surface area contributed by atoms with Crippen molar-refractivity contribution >= 4 is 0 Å². The number of rotatable bonds is 0. The van der Waals surface area contributed by atoms with Gasteiger partial charge < -0.3 is 0 Å². The van der Waals surface area contributed by atoms with Crippen LogP contribution in [0.5, 0.6) is 0 Å². The van der Waals surface area contributed by atoms with Crippen LogP contribution < -0.4 is 0 Å². The normalized spacial score (nSPS) is 25.0. The quantitative estimate of drug-likeness (QED) is 0.247. The van der Waals surface area contributed by atoms with E-state index >= 15 is 0 Å². The molecule has 4 aromatic carbocycles. The largest absolute Gasteiger partial charge is 0.0946 e. The van der Waals surface area contributed by atoms with Gasteiger partial charge in [0.1, 0.15) is 0 Å². The van der Waals surface area contributed by atoms with E-state index in [1.807, 2.05) is 0 Å². The molecule has 150 valence electrons. The van der Waals surface area contributed by atoms with E-state index in [1.165, 1.54) is 61.2 Å². The highest BCUT2D eigenvalue weighted by Gasteiger charge is 2.48.